The smallest absolute Gasteiger partial charge is 0.270 e. The molecule has 2 aromatic rings. The van der Waals surface area contributed by atoms with Crippen LogP contribution in [0.15, 0.2) is 34.9 Å². The Morgan fingerprint density at radius 3 is 2.87 bits per heavy atom. The second-order valence-corrected chi connectivity index (χ2v) is 3.05. The third-order valence-electron chi connectivity index (χ3n) is 1.96. The van der Waals surface area contributed by atoms with Crippen LogP contribution < -0.4 is 0 Å². The van der Waals surface area contributed by atoms with Crippen LogP contribution in [0.3, 0.4) is 0 Å². The van der Waals surface area contributed by atoms with Gasteiger partial charge in [0.2, 0.25) is 0 Å². The number of rotatable bonds is 2. The summed E-state index contributed by atoms with van der Waals surface area (Å²) < 4.78 is 5.27. The molecule has 0 radical (unpaired) electrons. The molecule has 2 rings (SSSR count). The van der Waals surface area contributed by atoms with Gasteiger partial charge in [0.05, 0.1) is 11.1 Å². The number of benzene rings is 1. The fraction of sp³-hybridized carbons (Fsp3) is 0.100. The van der Waals surface area contributed by atoms with Crippen molar-refractivity contribution in [1.82, 2.24) is 4.98 Å². The van der Waals surface area contributed by atoms with Gasteiger partial charge in [-0.3, -0.25) is 10.1 Å². The molecular formula is C10H8N2O3. The Morgan fingerprint density at radius 2 is 2.27 bits per heavy atom. The molecule has 0 amide bonds. The number of non-ortho nitro benzene ring substituents is 1. The monoisotopic (exact) mass is 204 g/mol. The van der Waals surface area contributed by atoms with Gasteiger partial charge in [-0.15, -0.1) is 0 Å². The summed E-state index contributed by atoms with van der Waals surface area (Å²) >= 11 is 0. The largest absolute Gasteiger partial charge is 0.441 e. The van der Waals surface area contributed by atoms with Crippen LogP contribution in [0.25, 0.3) is 11.3 Å². The maximum atomic E-state index is 10.5. The van der Waals surface area contributed by atoms with E-state index in [9.17, 15) is 10.1 Å². The van der Waals surface area contributed by atoms with Gasteiger partial charge in [-0.1, -0.05) is 12.1 Å². The molecule has 0 aliphatic rings. The summed E-state index contributed by atoms with van der Waals surface area (Å²) in [6.45, 7) is 1.72. The summed E-state index contributed by atoms with van der Waals surface area (Å²) in [5, 5.41) is 10.5. The number of hydrogen-bond acceptors (Lipinski definition) is 4. The average Bonchev–Trinajstić information content (AvgIpc) is 2.65. The van der Waals surface area contributed by atoms with Gasteiger partial charge < -0.3 is 4.42 Å². The maximum absolute atomic E-state index is 10.5. The van der Waals surface area contributed by atoms with Crippen molar-refractivity contribution in [3.8, 4) is 11.3 Å². The second-order valence-electron chi connectivity index (χ2n) is 3.05. The maximum Gasteiger partial charge on any atom is 0.270 e. The van der Waals surface area contributed by atoms with E-state index in [1.165, 1.54) is 12.1 Å². The molecule has 0 unspecified atom stereocenters. The van der Waals surface area contributed by atoms with Crippen LogP contribution in [0, 0.1) is 17.0 Å². The van der Waals surface area contributed by atoms with Crippen molar-refractivity contribution in [1.29, 1.82) is 0 Å². The lowest BCUT2D eigenvalue weighted by Crippen LogP contribution is -1.87. The van der Waals surface area contributed by atoms with Crippen molar-refractivity contribution in [2.45, 2.75) is 6.92 Å². The van der Waals surface area contributed by atoms with Crippen LogP contribution in [0.5, 0.6) is 0 Å². The zero-order valence-electron chi connectivity index (χ0n) is 8.01. The fourth-order valence-corrected chi connectivity index (χ4v) is 1.27. The van der Waals surface area contributed by atoms with Crippen molar-refractivity contribution in [3.63, 3.8) is 0 Å². The first-order valence-corrected chi connectivity index (χ1v) is 4.34. The van der Waals surface area contributed by atoms with Crippen LogP contribution in [0.4, 0.5) is 5.69 Å². The van der Waals surface area contributed by atoms with E-state index in [-0.39, 0.29) is 5.69 Å². The summed E-state index contributed by atoms with van der Waals surface area (Å²) in [6.07, 6.45) is 1.55. The highest BCUT2D eigenvalue weighted by Gasteiger charge is 2.09. The van der Waals surface area contributed by atoms with Crippen LogP contribution in [0.2, 0.25) is 0 Å². The van der Waals surface area contributed by atoms with Crippen molar-refractivity contribution >= 4 is 5.69 Å². The minimum Gasteiger partial charge on any atom is -0.441 e. The Bertz CT molecular complexity index is 505. The van der Waals surface area contributed by atoms with Gasteiger partial charge in [-0.2, -0.15) is 0 Å². The van der Waals surface area contributed by atoms with Gasteiger partial charge in [0.15, 0.2) is 11.7 Å². The molecule has 0 saturated heterocycles. The van der Waals surface area contributed by atoms with Gasteiger partial charge in [-0.05, 0) is 0 Å². The van der Waals surface area contributed by atoms with Crippen LogP contribution >= 0.6 is 0 Å². The lowest BCUT2D eigenvalue weighted by Gasteiger charge is -1.95. The molecule has 1 aromatic carbocycles. The Hall–Kier alpha value is -2.17. The summed E-state index contributed by atoms with van der Waals surface area (Å²) in [5.41, 5.74) is 0.700. The van der Waals surface area contributed by atoms with Crippen LogP contribution in [-0.4, -0.2) is 9.91 Å². The molecule has 0 bridgehead atoms. The molecule has 5 heteroatoms. The summed E-state index contributed by atoms with van der Waals surface area (Å²) in [5.74, 6) is 1.08. The third-order valence-corrected chi connectivity index (χ3v) is 1.96. The summed E-state index contributed by atoms with van der Waals surface area (Å²) in [7, 11) is 0. The van der Waals surface area contributed by atoms with Crippen molar-refractivity contribution in [3.05, 3.63) is 46.5 Å². The topological polar surface area (TPSA) is 69.2 Å². The van der Waals surface area contributed by atoms with E-state index in [4.69, 9.17) is 4.42 Å². The normalized spacial score (nSPS) is 10.2. The number of aryl methyl sites for hydroxylation is 1. The van der Waals surface area contributed by atoms with Crippen LogP contribution in [-0.2, 0) is 0 Å². The standard InChI is InChI=1S/C10H8N2O3/c1-7-11-6-10(15-7)8-3-2-4-9(5-8)12(13)14/h2-6H,1H3. The lowest BCUT2D eigenvalue weighted by molar-refractivity contribution is -0.384. The average molecular weight is 204 g/mol. The van der Waals surface area contributed by atoms with Gasteiger partial charge in [-0.25, -0.2) is 4.98 Å². The zero-order chi connectivity index (χ0) is 10.8. The number of hydrogen-bond donors (Lipinski definition) is 0. The highest BCUT2D eigenvalue weighted by molar-refractivity contribution is 5.60. The SMILES string of the molecule is Cc1ncc(-c2cccc([N+](=O)[O-])c2)o1. The van der Waals surface area contributed by atoms with Gasteiger partial charge in [0.25, 0.3) is 5.69 Å². The first kappa shape index (κ1) is 9.39. The second kappa shape index (κ2) is 3.53. The first-order chi connectivity index (χ1) is 7.16. The molecule has 0 fully saturated rings. The number of nitrogens with zero attached hydrogens (tertiary/aromatic N) is 2. The molecule has 15 heavy (non-hydrogen) atoms. The quantitative estimate of drug-likeness (QED) is 0.556. The Morgan fingerprint density at radius 1 is 1.47 bits per heavy atom. The lowest BCUT2D eigenvalue weighted by atomic mass is 10.2. The summed E-state index contributed by atoms with van der Waals surface area (Å²) in [6, 6.07) is 6.25. The number of oxazole rings is 1. The van der Waals surface area contributed by atoms with Crippen LogP contribution in [0.1, 0.15) is 5.89 Å². The molecule has 5 nitrogen and oxygen atoms in total. The van der Waals surface area contributed by atoms with Gasteiger partial charge in [0.1, 0.15) is 0 Å². The number of nitro benzene ring substituents is 1. The highest BCUT2D eigenvalue weighted by atomic mass is 16.6. The predicted molar refractivity (Wildman–Crippen MR) is 53.3 cm³/mol. The van der Waals surface area contributed by atoms with Crippen molar-refractivity contribution < 1.29 is 9.34 Å². The van der Waals surface area contributed by atoms with Crippen molar-refractivity contribution in [2.75, 3.05) is 0 Å². The molecule has 1 aromatic heterocycles. The first-order valence-electron chi connectivity index (χ1n) is 4.34. The van der Waals surface area contributed by atoms with E-state index >= 15 is 0 Å². The molecule has 0 aliphatic heterocycles. The van der Waals surface area contributed by atoms with E-state index < -0.39 is 4.92 Å². The summed E-state index contributed by atoms with van der Waals surface area (Å²) in [4.78, 5) is 14.0. The molecule has 1 heterocycles. The minimum atomic E-state index is -0.438. The van der Waals surface area contributed by atoms with E-state index in [0.717, 1.165) is 0 Å². The zero-order valence-corrected chi connectivity index (χ0v) is 8.01. The minimum absolute atomic E-state index is 0.0431. The van der Waals surface area contributed by atoms with Gasteiger partial charge in [0, 0.05) is 24.6 Å². The molecule has 0 atom stereocenters. The Labute approximate surface area is 85.5 Å². The highest BCUT2D eigenvalue weighted by Crippen LogP contribution is 2.23. The van der Waals surface area contributed by atoms with Crippen molar-refractivity contribution in [2.24, 2.45) is 0 Å². The molecular weight excluding hydrogens is 196 g/mol. The fourth-order valence-electron chi connectivity index (χ4n) is 1.27. The predicted octanol–water partition coefficient (Wildman–Crippen LogP) is 2.56. The molecule has 0 saturated carbocycles. The van der Waals surface area contributed by atoms with E-state index in [2.05, 4.69) is 4.98 Å². The molecule has 0 N–H and O–H groups in total. The van der Waals surface area contributed by atoms with E-state index in [0.29, 0.717) is 17.2 Å². The Kier molecular flexibility index (Phi) is 2.21. The van der Waals surface area contributed by atoms with E-state index in [1.807, 2.05) is 0 Å². The third kappa shape index (κ3) is 1.85. The molecule has 0 spiro atoms. The van der Waals surface area contributed by atoms with E-state index in [1.54, 1.807) is 25.3 Å². The Balaban J connectivity index is 2.45. The number of nitro groups is 1. The molecule has 0 aliphatic carbocycles. The van der Waals surface area contributed by atoms with Gasteiger partial charge >= 0.3 is 0 Å². The number of aromatic nitrogens is 1. The molecule has 76 valence electrons.